The molecule has 0 radical (unpaired) electrons. The lowest BCUT2D eigenvalue weighted by Crippen LogP contribution is -2.15. The van der Waals surface area contributed by atoms with Gasteiger partial charge in [-0.05, 0) is 68.7 Å². The largest absolute Gasteiger partial charge is 0.494 e. The van der Waals surface area contributed by atoms with Crippen LogP contribution in [-0.2, 0) is 4.79 Å². The number of fused-ring (bicyclic) bond motifs is 1. The second-order valence-corrected chi connectivity index (χ2v) is 5.93. The third-order valence-electron chi connectivity index (χ3n) is 4.57. The zero-order valence-corrected chi connectivity index (χ0v) is 12.5. The van der Waals surface area contributed by atoms with Gasteiger partial charge in [0.25, 0.3) is 0 Å². The van der Waals surface area contributed by atoms with Gasteiger partial charge in [-0.3, -0.25) is 4.79 Å². The van der Waals surface area contributed by atoms with Gasteiger partial charge in [-0.1, -0.05) is 12.2 Å². The van der Waals surface area contributed by atoms with Crippen LogP contribution in [0.25, 0.3) is 0 Å². The summed E-state index contributed by atoms with van der Waals surface area (Å²) in [6.07, 6.45) is 9.07. The number of benzene rings is 1. The highest BCUT2D eigenvalue weighted by molar-refractivity contribution is 5.94. The van der Waals surface area contributed by atoms with Gasteiger partial charge in [0.1, 0.15) is 5.75 Å². The molecule has 1 amide bonds. The highest BCUT2D eigenvalue weighted by Gasteiger charge is 2.53. The number of rotatable bonds is 4. The lowest BCUT2D eigenvalue weighted by atomic mass is 10.1. The Morgan fingerprint density at radius 1 is 1.14 bits per heavy atom. The molecule has 3 rings (SSSR count). The van der Waals surface area contributed by atoms with Crippen LogP contribution in [0.3, 0.4) is 0 Å². The van der Waals surface area contributed by atoms with Crippen molar-refractivity contribution in [2.24, 2.45) is 17.8 Å². The number of anilines is 1. The average Bonchev–Trinajstić information content (AvgIpc) is 3.12. The molecule has 1 unspecified atom stereocenters. The molecule has 1 N–H and O–H groups in total. The summed E-state index contributed by atoms with van der Waals surface area (Å²) in [6, 6.07) is 7.63. The molecule has 0 heterocycles. The van der Waals surface area contributed by atoms with Crippen molar-refractivity contribution in [3.8, 4) is 5.75 Å². The molecule has 2 aliphatic rings. The summed E-state index contributed by atoms with van der Waals surface area (Å²) in [5.41, 5.74) is 0.862. The summed E-state index contributed by atoms with van der Waals surface area (Å²) >= 11 is 0. The molecule has 0 aromatic heterocycles. The monoisotopic (exact) mass is 285 g/mol. The predicted octanol–water partition coefficient (Wildman–Crippen LogP) is 4.02. The Bertz CT molecular complexity index is 505. The Hall–Kier alpha value is -1.77. The predicted molar refractivity (Wildman–Crippen MR) is 84.3 cm³/mol. The van der Waals surface area contributed by atoms with Gasteiger partial charge in [0, 0.05) is 11.6 Å². The van der Waals surface area contributed by atoms with E-state index in [9.17, 15) is 4.79 Å². The highest BCUT2D eigenvalue weighted by atomic mass is 16.5. The van der Waals surface area contributed by atoms with Crippen molar-refractivity contribution in [2.45, 2.75) is 32.6 Å². The van der Waals surface area contributed by atoms with Crippen molar-refractivity contribution in [2.75, 3.05) is 11.9 Å². The molecule has 0 saturated heterocycles. The fourth-order valence-electron chi connectivity index (χ4n) is 3.46. The summed E-state index contributed by atoms with van der Waals surface area (Å²) in [7, 11) is 0. The topological polar surface area (TPSA) is 38.3 Å². The quantitative estimate of drug-likeness (QED) is 0.849. The third-order valence-corrected chi connectivity index (χ3v) is 4.57. The van der Waals surface area contributed by atoms with Gasteiger partial charge in [-0.25, -0.2) is 0 Å². The normalized spacial score (nSPS) is 27.2. The first-order valence-corrected chi connectivity index (χ1v) is 7.98. The fourth-order valence-corrected chi connectivity index (χ4v) is 3.46. The van der Waals surface area contributed by atoms with Crippen molar-refractivity contribution in [3.05, 3.63) is 36.4 Å². The molecule has 1 fully saturated rings. The summed E-state index contributed by atoms with van der Waals surface area (Å²) < 4.78 is 5.41. The van der Waals surface area contributed by atoms with Crippen LogP contribution in [0.2, 0.25) is 0 Å². The number of ether oxygens (including phenoxy) is 1. The summed E-state index contributed by atoms with van der Waals surface area (Å²) in [4.78, 5) is 12.4. The van der Waals surface area contributed by atoms with E-state index in [1.54, 1.807) is 0 Å². The molecule has 0 spiro atoms. The average molecular weight is 285 g/mol. The van der Waals surface area contributed by atoms with Crippen LogP contribution in [-0.4, -0.2) is 12.5 Å². The van der Waals surface area contributed by atoms with Crippen LogP contribution in [0.15, 0.2) is 36.4 Å². The minimum absolute atomic E-state index is 0.191. The minimum atomic E-state index is 0.191. The van der Waals surface area contributed by atoms with E-state index >= 15 is 0 Å². The summed E-state index contributed by atoms with van der Waals surface area (Å²) in [5.74, 6) is 2.44. The molecule has 1 aromatic rings. The van der Waals surface area contributed by atoms with Crippen LogP contribution < -0.4 is 10.1 Å². The first kappa shape index (κ1) is 14.2. The molecular formula is C18H23NO2. The van der Waals surface area contributed by atoms with Crippen molar-refractivity contribution in [3.63, 3.8) is 0 Å². The van der Waals surface area contributed by atoms with Gasteiger partial charge in [0.05, 0.1) is 6.61 Å². The van der Waals surface area contributed by atoms with Gasteiger partial charge in [-0.2, -0.15) is 0 Å². The minimum Gasteiger partial charge on any atom is -0.494 e. The number of carbonyl (C=O) groups is 1. The lowest BCUT2D eigenvalue weighted by Gasteiger charge is -2.07. The molecule has 0 aliphatic heterocycles. The molecule has 3 atom stereocenters. The maximum Gasteiger partial charge on any atom is 0.228 e. The van der Waals surface area contributed by atoms with E-state index in [-0.39, 0.29) is 11.8 Å². The maximum absolute atomic E-state index is 12.4. The zero-order chi connectivity index (χ0) is 14.7. The number of hydrogen-bond acceptors (Lipinski definition) is 2. The second kappa shape index (κ2) is 6.33. The molecule has 3 heteroatoms. The van der Waals surface area contributed by atoms with E-state index in [0.717, 1.165) is 37.1 Å². The van der Waals surface area contributed by atoms with Crippen LogP contribution in [0, 0.1) is 17.8 Å². The lowest BCUT2D eigenvalue weighted by molar-refractivity contribution is -0.117. The van der Waals surface area contributed by atoms with Crippen LogP contribution in [0.5, 0.6) is 5.75 Å². The molecule has 2 aliphatic carbocycles. The molecule has 0 bridgehead atoms. The number of hydrogen-bond donors (Lipinski definition) is 1. The van der Waals surface area contributed by atoms with Crippen LogP contribution in [0.1, 0.15) is 32.6 Å². The van der Waals surface area contributed by atoms with E-state index < -0.39 is 0 Å². The Morgan fingerprint density at radius 2 is 1.76 bits per heavy atom. The van der Waals surface area contributed by atoms with E-state index in [2.05, 4.69) is 17.5 Å². The van der Waals surface area contributed by atoms with Gasteiger partial charge >= 0.3 is 0 Å². The maximum atomic E-state index is 12.4. The Kier molecular flexibility index (Phi) is 4.28. The van der Waals surface area contributed by atoms with Gasteiger partial charge in [-0.15, -0.1) is 0 Å². The van der Waals surface area contributed by atoms with E-state index in [1.807, 2.05) is 31.2 Å². The number of amides is 1. The standard InChI is InChI=1S/C18H23NO2/c1-2-21-14-11-9-13(10-12-14)19-18(20)17-15-7-5-3-4-6-8-16(15)17/h3-4,9-12,15-17H,2,5-8H2,1H3,(H,19,20)/t15-,16+,17?. The molecule has 3 nitrogen and oxygen atoms in total. The highest BCUT2D eigenvalue weighted by Crippen LogP contribution is 2.53. The molecule has 21 heavy (non-hydrogen) atoms. The zero-order valence-electron chi connectivity index (χ0n) is 12.5. The van der Waals surface area contributed by atoms with Gasteiger partial charge in [0.15, 0.2) is 0 Å². The summed E-state index contributed by atoms with van der Waals surface area (Å²) in [5, 5.41) is 3.06. The van der Waals surface area contributed by atoms with Crippen molar-refractivity contribution in [1.82, 2.24) is 0 Å². The Balaban J connectivity index is 1.57. The number of allylic oxidation sites excluding steroid dienone is 2. The third kappa shape index (κ3) is 3.29. The first-order chi connectivity index (χ1) is 10.3. The van der Waals surface area contributed by atoms with Crippen LogP contribution >= 0.6 is 0 Å². The smallest absolute Gasteiger partial charge is 0.228 e. The van der Waals surface area contributed by atoms with Crippen LogP contribution in [0.4, 0.5) is 5.69 Å². The Labute approximate surface area is 126 Å². The second-order valence-electron chi connectivity index (χ2n) is 5.93. The SMILES string of the molecule is CCOc1ccc(NC(=O)C2[C@H]3CCC=CCC[C@@H]23)cc1. The molecule has 1 aromatic carbocycles. The molecule has 112 valence electrons. The van der Waals surface area contributed by atoms with Crippen molar-refractivity contribution < 1.29 is 9.53 Å². The fraction of sp³-hybridized carbons (Fsp3) is 0.500. The van der Waals surface area contributed by atoms with Gasteiger partial charge < -0.3 is 10.1 Å². The molecular weight excluding hydrogens is 262 g/mol. The first-order valence-electron chi connectivity index (χ1n) is 7.98. The number of nitrogens with one attached hydrogen (secondary N) is 1. The van der Waals surface area contributed by atoms with Crippen molar-refractivity contribution in [1.29, 1.82) is 0 Å². The van der Waals surface area contributed by atoms with Crippen molar-refractivity contribution >= 4 is 11.6 Å². The van der Waals surface area contributed by atoms with E-state index in [1.165, 1.54) is 0 Å². The number of carbonyl (C=O) groups excluding carboxylic acids is 1. The van der Waals surface area contributed by atoms with E-state index in [0.29, 0.717) is 18.4 Å². The Morgan fingerprint density at radius 3 is 2.33 bits per heavy atom. The summed E-state index contributed by atoms with van der Waals surface area (Å²) in [6.45, 7) is 2.62. The molecule has 1 saturated carbocycles. The van der Waals surface area contributed by atoms with E-state index in [4.69, 9.17) is 4.74 Å². The van der Waals surface area contributed by atoms with Gasteiger partial charge in [0.2, 0.25) is 5.91 Å².